The molecule has 2 aromatic heterocycles. The van der Waals surface area contributed by atoms with E-state index in [0.29, 0.717) is 0 Å². The molecule has 0 fully saturated rings. The van der Waals surface area contributed by atoms with Crippen LogP contribution in [-0.4, -0.2) is 24.0 Å². The minimum Gasteiger partial charge on any atom is -0.468 e. The van der Waals surface area contributed by atoms with Gasteiger partial charge >= 0.3 is 0 Å². The van der Waals surface area contributed by atoms with Crippen LogP contribution in [0.5, 0.6) is 0 Å². The summed E-state index contributed by atoms with van der Waals surface area (Å²) < 4.78 is 5.52. The molecule has 96 valence electrons. The van der Waals surface area contributed by atoms with Gasteiger partial charge in [-0.25, -0.2) is 0 Å². The maximum Gasteiger partial charge on any atom is 0.122 e. The molecule has 0 unspecified atom stereocenters. The van der Waals surface area contributed by atoms with Gasteiger partial charge in [0.15, 0.2) is 0 Å². The van der Waals surface area contributed by atoms with E-state index >= 15 is 0 Å². The molecule has 0 aliphatic rings. The molecule has 0 saturated heterocycles. The maximum atomic E-state index is 5.52. The summed E-state index contributed by atoms with van der Waals surface area (Å²) in [4.78, 5) is 6.52. The molecule has 0 aliphatic heterocycles. The molecule has 0 radical (unpaired) electrons. The summed E-state index contributed by atoms with van der Waals surface area (Å²) in [6.07, 6.45) is 3.57. The normalized spacial score (nSPS) is 11.1. The first-order chi connectivity index (χ1) is 8.79. The minimum atomic E-state index is 0.792. The number of furan rings is 1. The van der Waals surface area contributed by atoms with Crippen LogP contribution in [-0.2, 0) is 19.6 Å². The minimum absolute atomic E-state index is 0.792. The Kier molecular flexibility index (Phi) is 4.50. The highest BCUT2D eigenvalue weighted by Crippen LogP contribution is 2.13. The Morgan fingerprint density at radius 1 is 1.28 bits per heavy atom. The van der Waals surface area contributed by atoms with Crippen LogP contribution in [0.1, 0.15) is 17.0 Å². The van der Waals surface area contributed by atoms with Crippen molar-refractivity contribution in [2.45, 2.75) is 19.6 Å². The molecule has 0 spiro atoms. The molecule has 0 aromatic carbocycles. The number of nitrogens with zero attached hydrogens (tertiary/aromatic N) is 2. The van der Waals surface area contributed by atoms with Crippen molar-refractivity contribution in [3.8, 4) is 0 Å². The van der Waals surface area contributed by atoms with Gasteiger partial charge in [0.25, 0.3) is 0 Å². The average Bonchev–Trinajstić information content (AvgIpc) is 2.78. The van der Waals surface area contributed by atoms with Crippen LogP contribution < -0.4 is 5.32 Å². The lowest BCUT2D eigenvalue weighted by Crippen LogP contribution is -2.19. The topological polar surface area (TPSA) is 41.3 Å². The van der Waals surface area contributed by atoms with Crippen LogP contribution in [0.4, 0.5) is 0 Å². The molecular formula is C14H19N3O. The summed E-state index contributed by atoms with van der Waals surface area (Å²) in [7, 11) is 4.01. The monoisotopic (exact) mass is 245 g/mol. The zero-order valence-electron chi connectivity index (χ0n) is 10.9. The second kappa shape index (κ2) is 6.33. The third-order valence-corrected chi connectivity index (χ3v) is 2.78. The van der Waals surface area contributed by atoms with E-state index in [9.17, 15) is 0 Å². The lowest BCUT2D eigenvalue weighted by Gasteiger charge is -2.15. The van der Waals surface area contributed by atoms with E-state index < -0.39 is 0 Å². The summed E-state index contributed by atoms with van der Waals surface area (Å²) in [5, 5.41) is 3.14. The van der Waals surface area contributed by atoms with Crippen molar-refractivity contribution < 1.29 is 4.42 Å². The van der Waals surface area contributed by atoms with Crippen molar-refractivity contribution >= 4 is 0 Å². The number of hydrogen-bond donors (Lipinski definition) is 1. The zero-order chi connectivity index (χ0) is 12.8. The van der Waals surface area contributed by atoms with E-state index in [0.717, 1.165) is 31.1 Å². The predicted molar refractivity (Wildman–Crippen MR) is 70.9 cm³/mol. The molecule has 0 saturated carbocycles. The van der Waals surface area contributed by atoms with E-state index in [1.807, 2.05) is 37.5 Å². The van der Waals surface area contributed by atoms with Crippen molar-refractivity contribution in [1.29, 1.82) is 0 Å². The maximum absolute atomic E-state index is 5.52. The Hall–Kier alpha value is -1.65. The largest absolute Gasteiger partial charge is 0.468 e. The summed E-state index contributed by atoms with van der Waals surface area (Å²) in [5.74, 6) is 1.02. The van der Waals surface area contributed by atoms with Crippen molar-refractivity contribution in [2.24, 2.45) is 0 Å². The Morgan fingerprint density at radius 2 is 2.17 bits per heavy atom. The van der Waals surface area contributed by atoms with E-state index in [2.05, 4.69) is 22.2 Å². The smallest absolute Gasteiger partial charge is 0.122 e. The van der Waals surface area contributed by atoms with Crippen molar-refractivity contribution in [3.05, 3.63) is 53.7 Å². The van der Waals surface area contributed by atoms with Crippen LogP contribution in [0.2, 0.25) is 0 Å². The number of aromatic nitrogens is 1. The van der Waals surface area contributed by atoms with E-state index in [1.54, 1.807) is 6.26 Å². The second-order valence-electron chi connectivity index (χ2n) is 4.39. The number of rotatable bonds is 6. The van der Waals surface area contributed by atoms with Crippen LogP contribution in [0, 0.1) is 0 Å². The molecule has 0 aliphatic carbocycles. The first kappa shape index (κ1) is 12.8. The van der Waals surface area contributed by atoms with Gasteiger partial charge < -0.3 is 9.73 Å². The molecule has 2 aromatic rings. The van der Waals surface area contributed by atoms with Gasteiger partial charge in [-0.3, -0.25) is 9.88 Å². The Balaban J connectivity index is 1.94. The lowest BCUT2D eigenvalue weighted by atomic mass is 10.2. The van der Waals surface area contributed by atoms with Gasteiger partial charge in [0.2, 0.25) is 0 Å². The SMILES string of the molecule is CNCc1ccoc1CN(C)Cc1ccccn1. The Morgan fingerprint density at radius 3 is 2.89 bits per heavy atom. The summed E-state index contributed by atoms with van der Waals surface area (Å²) in [6.45, 7) is 2.45. The van der Waals surface area contributed by atoms with Crippen LogP contribution in [0.25, 0.3) is 0 Å². The van der Waals surface area contributed by atoms with Gasteiger partial charge in [0, 0.05) is 24.8 Å². The molecule has 2 rings (SSSR count). The van der Waals surface area contributed by atoms with Crippen molar-refractivity contribution in [1.82, 2.24) is 15.2 Å². The van der Waals surface area contributed by atoms with Gasteiger partial charge in [-0.2, -0.15) is 0 Å². The fourth-order valence-corrected chi connectivity index (χ4v) is 1.92. The third kappa shape index (κ3) is 3.42. The second-order valence-corrected chi connectivity index (χ2v) is 4.39. The molecule has 0 atom stereocenters. The first-order valence-corrected chi connectivity index (χ1v) is 6.08. The molecule has 2 heterocycles. The van der Waals surface area contributed by atoms with Gasteiger partial charge in [0.05, 0.1) is 18.5 Å². The van der Waals surface area contributed by atoms with E-state index in [1.165, 1.54) is 5.56 Å². The first-order valence-electron chi connectivity index (χ1n) is 6.08. The van der Waals surface area contributed by atoms with E-state index in [-0.39, 0.29) is 0 Å². The van der Waals surface area contributed by atoms with Gasteiger partial charge in [-0.05, 0) is 32.3 Å². The Labute approximate surface area is 108 Å². The molecule has 0 bridgehead atoms. The molecule has 4 heteroatoms. The highest BCUT2D eigenvalue weighted by Gasteiger charge is 2.09. The number of hydrogen-bond acceptors (Lipinski definition) is 4. The molecule has 4 nitrogen and oxygen atoms in total. The van der Waals surface area contributed by atoms with Crippen LogP contribution in [0.15, 0.2) is 41.1 Å². The van der Waals surface area contributed by atoms with Gasteiger partial charge in [-0.15, -0.1) is 0 Å². The summed E-state index contributed by atoms with van der Waals surface area (Å²) in [5.41, 5.74) is 2.28. The third-order valence-electron chi connectivity index (χ3n) is 2.78. The highest BCUT2D eigenvalue weighted by molar-refractivity contribution is 5.16. The predicted octanol–water partition coefficient (Wildman–Crippen LogP) is 2.03. The van der Waals surface area contributed by atoms with Crippen molar-refractivity contribution in [3.63, 3.8) is 0 Å². The highest BCUT2D eigenvalue weighted by atomic mass is 16.3. The molecule has 0 amide bonds. The van der Waals surface area contributed by atoms with Gasteiger partial charge in [-0.1, -0.05) is 6.07 Å². The number of nitrogens with one attached hydrogen (secondary N) is 1. The fraction of sp³-hybridized carbons (Fsp3) is 0.357. The summed E-state index contributed by atoms with van der Waals surface area (Å²) in [6, 6.07) is 7.99. The number of pyridine rings is 1. The molecular weight excluding hydrogens is 226 g/mol. The van der Waals surface area contributed by atoms with Crippen molar-refractivity contribution in [2.75, 3.05) is 14.1 Å². The van der Waals surface area contributed by atoms with Crippen LogP contribution >= 0.6 is 0 Å². The summed E-state index contributed by atoms with van der Waals surface area (Å²) >= 11 is 0. The molecule has 18 heavy (non-hydrogen) atoms. The Bertz CT molecular complexity index is 467. The van der Waals surface area contributed by atoms with Gasteiger partial charge in [0.1, 0.15) is 5.76 Å². The fourth-order valence-electron chi connectivity index (χ4n) is 1.92. The average molecular weight is 245 g/mol. The zero-order valence-corrected chi connectivity index (χ0v) is 10.9. The standard InChI is InChI=1S/C14H19N3O/c1-15-9-12-6-8-18-14(12)11-17(2)10-13-5-3-4-7-16-13/h3-8,15H,9-11H2,1-2H3. The molecule has 1 N–H and O–H groups in total. The quantitative estimate of drug-likeness (QED) is 0.845. The van der Waals surface area contributed by atoms with E-state index in [4.69, 9.17) is 4.42 Å². The van der Waals surface area contributed by atoms with Crippen LogP contribution in [0.3, 0.4) is 0 Å². The lowest BCUT2D eigenvalue weighted by molar-refractivity contribution is 0.283.